The summed E-state index contributed by atoms with van der Waals surface area (Å²) < 4.78 is 32.3. The molecule has 9 heteroatoms. The van der Waals surface area contributed by atoms with E-state index in [1.165, 1.54) is 18.2 Å². The highest BCUT2D eigenvalue weighted by molar-refractivity contribution is 7.92. The second-order valence-corrected chi connectivity index (χ2v) is 7.78. The van der Waals surface area contributed by atoms with Crippen molar-refractivity contribution < 1.29 is 17.7 Å². The van der Waals surface area contributed by atoms with Crippen LogP contribution < -0.4 is 10.0 Å². The molecule has 3 rings (SSSR count). The molecule has 28 heavy (non-hydrogen) atoms. The Labute approximate surface area is 163 Å². The van der Waals surface area contributed by atoms with Crippen LogP contribution in [0.2, 0.25) is 0 Å². The number of amides is 1. The average molecular weight is 400 g/mol. The third-order valence-corrected chi connectivity index (χ3v) is 5.25. The lowest BCUT2D eigenvalue weighted by molar-refractivity contribution is 0.0953. The normalized spacial score (nSPS) is 11.2. The van der Waals surface area contributed by atoms with Crippen molar-refractivity contribution >= 4 is 21.6 Å². The standard InChI is InChI=1S/C19H20N4O4S/c1-14-21-18(27-22-14)11-6-12-20-19(24)15-7-5-8-16(13-15)23-28(25,26)17-9-3-2-4-10-17/h2-5,7-10,13,23H,6,11-12H2,1H3,(H,20,24). The maximum atomic E-state index is 12.4. The predicted octanol–water partition coefficient (Wildman–Crippen LogP) is 2.54. The van der Waals surface area contributed by atoms with Crippen molar-refractivity contribution in [1.82, 2.24) is 15.5 Å². The molecule has 0 unspecified atom stereocenters. The molecular formula is C19H20N4O4S. The Morgan fingerprint density at radius 3 is 2.61 bits per heavy atom. The molecule has 2 aromatic carbocycles. The molecule has 146 valence electrons. The van der Waals surface area contributed by atoms with E-state index in [0.717, 1.165) is 0 Å². The maximum absolute atomic E-state index is 12.4. The summed E-state index contributed by atoms with van der Waals surface area (Å²) in [6.45, 7) is 2.17. The molecule has 0 fully saturated rings. The first kappa shape index (κ1) is 19.6. The number of nitrogens with one attached hydrogen (secondary N) is 2. The van der Waals surface area contributed by atoms with Crippen molar-refractivity contribution in [3.05, 3.63) is 71.9 Å². The molecule has 0 bridgehead atoms. The number of rotatable bonds is 8. The second kappa shape index (κ2) is 8.66. The predicted molar refractivity (Wildman–Crippen MR) is 103 cm³/mol. The highest BCUT2D eigenvalue weighted by Crippen LogP contribution is 2.17. The molecule has 0 saturated heterocycles. The number of aromatic nitrogens is 2. The van der Waals surface area contributed by atoms with Crippen molar-refractivity contribution in [3.63, 3.8) is 0 Å². The topological polar surface area (TPSA) is 114 Å². The molecule has 8 nitrogen and oxygen atoms in total. The van der Waals surface area contributed by atoms with Crippen molar-refractivity contribution in [2.45, 2.75) is 24.7 Å². The average Bonchev–Trinajstić information content (AvgIpc) is 3.11. The molecule has 0 radical (unpaired) electrons. The van der Waals surface area contributed by atoms with Gasteiger partial charge < -0.3 is 9.84 Å². The Kier molecular flexibility index (Phi) is 6.05. The van der Waals surface area contributed by atoms with Gasteiger partial charge in [0.25, 0.3) is 15.9 Å². The molecule has 0 aliphatic carbocycles. The number of hydrogen-bond donors (Lipinski definition) is 2. The minimum atomic E-state index is -3.71. The van der Waals surface area contributed by atoms with Crippen molar-refractivity contribution in [1.29, 1.82) is 0 Å². The second-order valence-electron chi connectivity index (χ2n) is 6.09. The Hall–Kier alpha value is -3.20. The Bertz CT molecular complexity index is 1050. The molecule has 1 amide bonds. The van der Waals surface area contributed by atoms with Gasteiger partial charge in [-0.25, -0.2) is 8.42 Å². The zero-order valence-electron chi connectivity index (χ0n) is 15.3. The lowest BCUT2D eigenvalue weighted by Gasteiger charge is -2.10. The smallest absolute Gasteiger partial charge is 0.261 e. The van der Waals surface area contributed by atoms with Crippen LogP contribution in [0, 0.1) is 6.92 Å². The Balaban J connectivity index is 1.57. The van der Waals surface area contributed by atoms with Gasteiger partial charge in [0, 0.05) is 24.2 Å². The summed E-state index contributed by atoms with van der Waals surface area (Å²) in [5.41, 5.74) is 0.680. The van der Waals surface area contributed by atoms with Crippen LogP contribution >= 0.6 is 0 Å². The molecule has 0 atom stereocenters. The number of carbonyl (C=O) groups is 1. The monoisotopic (exact) mass is 400 g/mol. The molecule has 0 spiro atoms. The fourth-order valence-electron chi connectivity index (χ4n) is 2.52. The molecule has 0 aliphatic heterocycles. The number of hydrogen-bond acceptors (Lipinski definition) is 6. The van der Waals surface area contributed by atoms with Gasteiger partial charge in [-0.3, -0.25) is 9.52 Å². The van der Waals surface area contributed by atoms with Gasteiger partial charge in [-0.15, -0.1) is 0 Å². The van der Waals surface area contributed by atoms with E-state index >= 15 is 0 Å². The minimum Gasteiger partial charge on any atom is -0.352 e. The number of sulfonamides is 1. The molecule has 0 aliphatic rings. The summed E-state index contributed by atoms with van der Waals surface area (Å²) >= 11 is 0. The summed E-state index contributed by atoms with van der Waals surface area (Å²) in [6.07, 6.45) is 1.21. The van der Waals surface area contributed by atoms with Gasteiger partial charge in [0.1, 0.15) is 0 Å². The Morgan fingerprint density at radius 2 is 1.89 bits per heavy atom. The summed E-state index contributed by atoms with van der Waals surface area (Å²) in [6, 6.07) is 14.4. The van der Waals surface area contributed by atoms with Crippen LogP contribution in [0.4, 0.5) is 5.69 Å². The molecular weight excluding hydrogens is 380 g/mol. The summed E-state index contributed by atoms with van der Waals surface area (Å²) in [7, 11) is -3.71. The first-order valence-corrected chi connectivity index (χ1v) is 10.2. The van der Waals surface area contributed by atoms with Crippen LogP contribution in [0.15, 0.2) is 64.0 Å². The highest BCUT2D eigenvalue weighted by atomic mass is 32.2. The van der Waals surface area contributed by atoms with Crippen molar-refractivity contribution in [2.24, 2.45) is 0 Å². The van der Waals surface area contributed by atoms with Crippen LogP contribution in [0.5, 0.6) is 0 Å². The van der Waals surface area contributed by atoms with Crippen LogP contribution in [0.25, 0.3) is 0 Å². The van der Waals surface area contributed by atoms with E-state index in [0.29, 0.717) is 42.4 Å². The first-order chi connectivity index (χ1) is 13.4. The van der Waals surface area contributed by atoms with Gasteiger partial charge >= 0.3 is 0 Å². The highest BCUT2D eigenvalue weighted by Gasteiger charge is 2.14. The van der Waals surface area contributed by atoms with E-state index in [2.05, 4.69) is 20.2 Å². The molecule has 1 heterocycles. The van der Waals surface area contributed by atoms with E-state index in [1.807, 2.05) is 0 Å². The Morgan fingerprint density at radius 1 is 1.11 bits per heavy atom. The minimum absolute atomic E-state index is 0.154. The van der Waals surface area contributed by atoms with E-state index in [4.69, 9.17) is 4.52 Å². The van der Waals surface area contributed by atoms with Crippen LogP contribution in [0.3, 0.4) is 0 Å². The van der Waals surface area contributed by atoms with Crippen molar-refractivity contribution in [2.75, 3.05) is 11.3 Å². The lowest BCUT2D eigenvalue weighted by atomic mass is 10.2. The SMILES string of the molecule is Cc1noc(CCCNC(=O)c2cccc(NS(=O)(=O)c3ccccc3)c2)n1. The van der Waals surface area contributed by atoms with Crippen LogP contribution in [-0.2, 0) is 16.4 Å². The third-order valence-electron chi connectivity index (χ3n) is 3.85. The molecule has 0 saturated carbocycles. The van der Waals surface area contributed by atoms with Crippen LogP contribution in [0.1, 0.15) is 28.5 Å². The largest absolute Gasteiger partial charge is 0.352 e. The van der Waals surface area contributed by atoms with Crippen LogP contribution in [-0.4, -0.2) is 31.0 Å². The number of benzene rings is 2. The molecule has 3 aromatic rings. The van der Waals surface area contributed by atoms with Gasteiger partial charge in [0.15, 0.2) is 5.82 Å². The zero-order valence-corrected chi connectivity index (χ0v) is 16.1. The summed E-state index contributed by atoms with van der Waals surface area (Å²) in [5.74, 6) is 0.820. The number of anilines is 1. The van der Waals surface area contributed by atoms with Gasteiger partial charge in [-0.1, -0.05) is 29.4 Å². The van der Waals surface area contributed by atoms with Gasteiger partial charge in [0.2, 0.25) is 5.89 Å². The fraction of sp³-hybridized carbons (Fsp3) is 0.211. The summed E-state index contributed by atoms with van der Waals surface area (Å²) in [4.78, 5) is 16.6. The maximum Gasteiger partial charge on any atom is 0.261 e. The first-order valence-electron chi connectivity index (χ1n) is 8.69. The van der Waals surface area contributed by atoms with E-state index in [9.17, 15) is 13.2 Å². The van der Waals surface area contributed by atoms with Gasteiger partial charge in [-0.2, -0.15) is 4.98 Å². The van der Waals surface area contributed by atoms with E-state index in [1.54, 1.807) is 43.3 Å². The number of aryl methyl sites for hydroxylation is 2. The van der Waals surface area contributed by atoms with Gasteiger partial charge in [-0.05, 0) is 43.7 Å². The van der Waals surface area contributed by atoms with Crippen molar-refractivity contribution in [3.8, 4) is 0 Å². The quantitative estimate of drug-likeness (QED) is 0.562. The van der Waals surface area contributed by atoms with E-state index in [-0.39, 0.29) is 10.8 Å². The lowest BCUT2D eigenvalue weighted by Crippen LogP contribution is -2.25. The number of nitrogens with zero attached hydrogens (tertiary/aromatic N) is 2. The molecule has 1 aromatic heterocycles. The fourth-order valence-corrected chi connectivity index (χ4v) is 3.59. The van der Waals surface area contributed by atoms with Gasteiger partial charge in [0.05, 0.1) is 4.90 Å². The third kappa shape index (κ3) is 5.17. The zero-order chi connectivity index (χ0) is 20.0. The number of carbonyl (C=O) groups excluding carboxylic acids is 1. The van der Waals surface area contributed by atoms with E-state index < -0.39 is 10.0 Å². The summed E-state index contributed by atoms with van der Waals surface area (Å²) in [5, 5.41) is 6.50. The molecule has 2 N–H and O–H groups in total.